The molecule has 16 heavy (non-hydrogen) atoms. The molecule has 1 aromatic rings. The second-order valence-electron chi connectivity index (χ2n) is 3.38. The van der Waals surface area contributed by atoms with Gasteiger partial charge in [0.1, 0.15) is 0 Å². The van der Waals surface area contributed by atoms with Crippen molar-refractivity contribution in [2.24, 2.45) is 0 Å². The summed E-state index contributed by atoms with van der Waals surface area (Å²) in [5.41, 5.74) is 0.969. The Hall–Kier alpha value is -1.48. The van der Waals surface area contributed by atoms with Crippen LogP contribution in [0.15, 0.2) is 4.73 Å². The maximum absolute atomic E-state index is 11.4. The molecule has 0 atom stereocenters. The van der Waals surface area contributed by atoms with E-state index >= 15 is 0 Å². The lowest BCUT2D eigenvalue weighted by Crippen LogP contribution is -2.42. The molecule has 2 heterocycles. The van der Waals surface area contributed by atoms with E-state index in [1.54, 1.807) is 14.0 Å². The minimum atomic E-state index is -0.133. The first-order valence-corrected chi connectivity index (χ1v) is 5.60. The highest BCUT2D eigenvalue weighted by atomic mass is 79.9. The second kappa shape index (κ2) is 4.18. The van der Waals surface area contributed by atoms with Crippen molar-refractivity contribution in [3.05, 3.63) is 10.4 Å². The minimum absolute atomic E-state index is 0.133. The molecule has 0 saturated carbocycles. The first kappa shape index (κ1) is 11.0. The van der Waals surface area contributed by atoms with Crippen LogP contribution in [-0.2, 0) is 13.1 Å². The van der Waals surface area contributed by atoms with Crippen LogP contribution in [0.5, 0.6) is 0 Å². The Balaban J connectivity index is 2.44. The largest absolute Gasteiger partial charge is 0.332 e. The third kappa shape index (κ3) is 1.67. The van der Waals surface area contributed by atoms with Gasteiger partial charge in [-0.25, -0.2) is 9.78 Å². The zero-order valence-corrected chi connectivity index (χ0v) is 10.6. The highest BCUT2D eigenvalue weighted by molar-refractivity contribution is 9.10. The van der Waals surface area contributed by atoms with Crippen molar-refractivity contribution in [1.82, 2.24) is 14.9 Å². The van der Waals surface area contributed by atoms with Crippen LogP contribution in [0.2, 0.25) is 0 Å². The van der Waals surface area contributed by atoms with Crippen LogP contribution in [0.3, 0.4) is 0 Å². The number of hydrogen-bond acceptors (Lipinski definition) is 2. The molecule has 0 fully saturated rings. The van der Waals surface area contributed by atoms with Crippen LogP contribution in [0.1, 0.15) is 12.6 Å². The van der Waals surface area contributed by atoms with Crippen molar-refractivity contribution in [2.75, 3.05) is 11.9 Å². The number of carbonyl (C=O) groups is 1. The van der Waals surface area contributed by atoms with Crippen LogP contribution in [-0.4, -0.2) is 22.6 Å². The number of halogens is 1. The topological polar surface area (TPSA) is 50.2 Å². The molecule has 0 spiro atoms. The Morgan fingerprint density at radius 1 is 1.62 bits per heavy atom. The predicted octanol–water partition coefficient (Wildman–Crippen LogP) is 1.33. The molecular weight excluding hydrogens is 272 g/mol. The molecule has 1 aliphatic heterocycles. The molecule has 6 heteroatoms. The van der Waals surface area contributed by atoms with E-state index in [0.29, 0.717) is 23.6 Å². The molecule has 1 aromatic heterocycles. The lowest BCUT2D eigenvalue weighted by atomic mass is 10.3. The number of carbonyl (C=O) groups excluding carboxylic acids is 1. The zero-order valence-electron chi connectivity index (χ0n) is 9.04. The van der Waals surface area contributed by atoms with Crippen LogP contribution < -0.4 is 10.2 Å². The van der Waals surface area contributed by atoms with E-state index in [4.69, 9.17) is 0 Å². The molecular formula is C10H11BrN4O. The first-order chi connectivity index (χ1) is 7.65. The summed E-state index contributed by atoms with van der Waals surface area (Å²) in [6, 6.07) is -0.133. The van der Waals surface area contributed by atoms with Crippen molar-refractivity contribution in [2.45, 2.75) is 20.0 Å². The molecule has 1 N–H and O–H groups in total. The molecule has 0 radical (unpaired) electrons. The predicted molar refractivity (Wildman–Crippen MR) is 64.0 cm³/mol. The van der Waals surface area contributed by atoms with Gasteiger partial charge < -0.3 is 9.88 Å². The van der Waals surface area contributed by atoms with Gasteiger partial charge in [0.2, 0.25) is 0 Å². The van der Waals surface area contributed by atoms with Crippen molar-refractivity contribution in [1.29, 1.82) is 0 Å². The molecule has 0 saturated heterocycles. The van der Waals surface area contributed by atoms with Crippen LogP contribution >= 0.6 is 15.9 Å². The number of nitrogens with zero attached hydrogens (tertiary/aromatic N) is 3. The molecule has 0 aromatic carbocycles. The van der Waals surface area contributed by atoms with Crippen LogP contribution in [0.25, 0.3) is 0 Å². The van der Waals surface area contributed by atoms with E-state index < -0.39 is 0 Å². The number of rotatable bonds is 1. The van der Waals surface area contributed by atoms with Gasteiger partial charge in [0.15, 0.2) is 10.6 Å². The zero-order chi connectivity index (χ0) is 11.7. The van der Waals surface area contributed by atoms with Crippen molar-refractivity contribution in [3.8, 4) is 11.8 Å². The van der Waals surface area contributed by atoms with E-state index in [1.807, 2.05) is 4.57 Å². The maximum atomic E-state index is 11.4. The summed E-state index contributed by atoms with van der Waals surface area (Å²) in [6.45, 7) is 2.86. The van der Waals surface area contributed by atoms with Gasteiger partial charge in [0.25, 0.3) is 0 Å². The van der Waals surface area contributed by atoms with Crippen LogP contribution in [0, 0.1) is 11.8 Å². The van der Waals surface area contributed by atoms with Crippen molar-refractivity contribution >= 4 is 27.8 Å². The summed E-state index contributed by atoms with van der Waals surface area (Å²) in [4.78, 5) is 17.2. The van der Waals surface area contributed by atoms with E-state index in [2.05, 4.69) is 38.1 Å². The molecule has 0 aliphatic carbocycles. The fourth-order valence-corrected chi connectivity index (χ4v) is 2.09. The van der Waals surface area contributed by atoms with Gasteiger partial charge in [-0.15, -0.1) is 5.92 Å². The summed E-state index contributed by atoms with van der Waals surface area (Å²) < 4.78 is 2.64. The Bertz CT molecular complexity index is 497. The SMILES string of the molecule is CC#CCn1c(Br)nc2c1CNC(=O)N2C. The maximum Gasteiger partial charge on any atom is 0.323 e. The van der Waals surface area contributed by atoms with Crippen LogP contribution in [0.4, 0.5) is 10.6 Å². The summed E-state index contributed by atoms with van der Waals surface area (Å²) >= 11 is 3.37. The Morgan fingerprint density at radius 3 is 3.06 bits per heavy atom. The molecule has 2 amide bonds. The minimum Gasteiger partial charge on any atom is -0.332 e. The normalized spacial score (nSPS) is 13.9. The molecule has 84 valence electrons. The summed E-state index contributed by atoms with van der Waals surface area (Å²) in [5.74, 6) is 6.51. The molecule has 1 aliphatic rings. The summed E-state index contributed by atoms with van der Waals surface area (Å²) in [5, 5.41) is 2.78. The Morgan fingerprint density at radius 2 is 2.38 bits per heavy atom. The van der Waals surface area contributed by atoms with Crippen molar-refractivity contribution in [3.63, 3.8) is 0 Å². The third-order valence-electron chi connectivity index (χ3n) is 2.45. The number of anilines is 1. The number of urea groups is 1. The Labute approximate surface area is 102 Å². The van der Waals surface area contributed by atoms with Gasteiger partial charge in [0, 0.05) is 7.05 Å². The van der Waals surface area contributed by atoms with Gasteiger partial charge in [-0.3, -0.25) is 4.90 Å². The van der Waals surface area contributed by atoms with Gasteiger partial charge in [-0.05, 0) is 22.9 Å². The number of amides is 2. The number of imidazole rings is 1. The average Bonchev–Trinajstić information content (AvgIpc) is 2.58. The van der Waals surface area contributed by atoms with E-state index in [1.165, 1.54) is 4.90 Å². The van der Waals surface area contributed by atoms with Gasteiger partial charge in [-0.2, -0.15) is 0 Å². The lowest BCUT2D eigenvalue weighted by Gasteiger charge is -2.23. The smallest absolute Gasteiger partial charge is 0.323 e. The highest BCUT2D eigenvalue weighted by Gasteiger charge is 2.26. The van der Waals surface area contributed by atoms with Crippen molar-refractivity contribution < 1.29 is 4.79 Å². The Kier molecular flexibility index (Phi) is 2.88. The standard InChI is InChI=1S/C10H11BrN4O/c1-3-4-5-15-7-6-12-10(16)14(2)8(7)13-9(15)11/h5-6H2,1-2H3,(H,12,16). The third-order valence-corrected chi connectivity index (χ3v) is 3.05. The summed E-state index contributed by atoms with van der Waals surface area (Å²) in [6.07, 6.45) is 0. The average molecular weight is 283 g/mol. The molecule has 2 rings (SSSR count). The molecule has 5 nitrogen and oxygen atoms in total. The fourth-order valence-electron chi connectivity index (χ4n) is 1.58. The van der Waals surface area contributed by atoms with Gasteiger partial charge in [-0.1, -0.05) is 5.92 Å². The number of aromatic nitrogens is 2. The van der Waals surface area contributed by atoms with E-state index in [-0.39, 0.29) is 6.03 Å². The van der Waals surface area contributed by atoms with Gasteiger partial charge >= 0.3 is 6.03 Å². The highest BCUT2D eigenvalue weighted by Crippen LogP contribution is 2.26. The fraction of sp³-hybridized carbons (Fsp3) is 0.400. The summed E-state index contributed by atoms with van der Waals surface area (Å²) in [7, 11) is 1.70. The number of hydrogen-bond donors (Lipinski definition) is 1. The first-order valence-electron chi connectivity index (χ1n) is 4.81. The quantitative estimate of drug-likeness (QED) is 0.790. The van der Waals surface area contributed by atoms with E-state index in [0.717, 1.165) is 5.69 Å². The molecule has 0 bridgehead atoms. The number of nitrogens with one attached hydrogen (secondary N) is 1. The molecule has 0 unspecified atom stereocenters. The monoisotopic (exact) mass is 282 g/mol. The van der Waals surface area contributed by atoms with E-state index in [9.17, 15) is 4.79 Å². The number of fused-ring (bicyclic) bond motifs is 1. The lowest BCUT2D eigenvalue weighted by molar-refractivity contribution is 0.245. The van der Waals surface area contributed by atoms with Gasteiger partial charge in [0.05, 0.1) is 18.8 Å². The second-order valence-corrected chi connectivity index (χ2v) is 4.09.